The Morgan fingerprint density at radius 2 is 1.88 bits per heavy atom. The molecule has 6 rings (SSSR count). The van der Waals surface area contributed by atoms with Crippen molar-refractivity contribution < 1.29 is 14.3 Å². The van der Waals surface area contributed by atoms with E-state index < -0.39 is 0 Å². The molecule has 0 spiro atoms. The highest BCUT2D eigenvalue weighted by Crippen LogP contribution is 2.32. The monoisotopic (exact) mass is 462 g/mol. The third-order valence-electron chi connectivity index (χ3n) is 6.48. The van der Waals surface area contributed by atoms with Crippen LogP contribution in [0.4, 0.5) is 11.6 Å². The van der Waals surface area contributed by atoms with Gasteiger partial charge in [0.25, 0.3) is 0 Å². The lowest BCUT2D eigenvalue weighted by Gasteiger charge is -2.37. The van der Waals surface area contributed by atoms with Gasteiger partial charge in [-0.2, -0.15) is 0 Å². The highest BCUT2D eigenvalue weighted by Gasteiger charge is 2.31. The van der Waals surface area contributed by atoms with Crippen LogP contribution in [0.5, 0.6) is 0 Å². The summed E-state index contributed by atoms with van der Waals surface area (Å²) in [4.78, 5) is 32.6. The predicted octanol–water partition coefficient (Wildman–Crippen LogP) is 2.43. The quantitative estimate of drug-likeness (QED) is 0.623. The molecule has 1 unspecified atom stereocenters. The van der Waals surface area contributed by atoms with Crippen LogP contribution in [0, 0.1) is 0 Å². The number of pyridine rings is 1. The standard InChI is InChI=1S/C23H26N8O3/c32-19-13-30(16-6-9-33-10-7-16)23-22(28-19)25-12-18(27-23)15-4-5-17(24-11-15)21-26-14-31(29-21)20-3-1-2-8-34-20/h4-5,11-12,14,16,20H,1-3,6-10,13H2,(H,25,28,32). The van der Waals surface area contributed by atoms with Crippen LogP contribution in [0.3, 0.4) is 0 Å². The van der Waals surface area contributed by atoms with E-state index in [1.54, 1.807) is 23.4 Å². The van der Waals surface area contributed by atoms with Crippen LogP contribution in [0.2, 0.25) is 0 Å². The minimum atomic E-state index is -0.0716. The van der Waals surface area contributed by atoms with Gasteiger partial charge < -0.3 is 19.7 Å². The van der Waals surface area contributed by atoms with E-state index in [1.807, 2.05) is 12.1 Å². The molecule has 0 saturated carbocycles. The first-order valence-corrected chi connectivity index (χ1v) is 11.8. The molecule has 0 aromatic carbocycles. The lowest BCUT2D eigenvalue weighted by Crippen LogP contribution is -2.47. The van der Waals surface area contributed by atoms with E-state index in [1.165, 1.54) is 0 Å². The maximum Gasteiger partial charge on any atom is 0.245 e. The van der Waals surface area contributed by atoms with E-state index in [2.05, 4.69) is 30.3 Å². The normalized spacial score (nSPS) is 21.2. The topological polar surface area (TPSA) is 120 Å². The molecule has 1 atom stereocenters. The van der Waals surface area contributed by atoms with Crippen molar-refractivity contribution in [2.75, 3.05) is 36.6 Å². The summed E-state index contributed by atoms with van der Waals surface area (Å²) in [6.45, 7) is 2.40. The molecule has 6 heterocycles. The van der Waals surface area contributed by atoms with Gasteiger partial charge >= 0.3 is 0 Å². The third-order valence-corrected chi connectivity index (χ3v) is 6.48. The van der Waals surface area contributed by atoms with Crippen molar-refractivity contribution in [3.05, 3.63) is 30.9 Å². The number of nitrogens with one attached hydrogen (secondary N) is 1. The van der Waals surface area contributed by atoms with Crippen molar-refractivity contribution in [2.24, 2.45) is 0 Å². The third kappa shape index (κ3) is 4.12. The molecule has 11 heteroatoms. The lowest BCUT2D eigenvalue weighted by molar-refractivity contribution is -0.115. The molecule has 3 aromatic rings. The molecule has 3 aromatic heterocycles. The minimum Gasteiger partial charge on any atom is -0.381 e. The summed E-state index contributed by atoms with van der Waals surface area (Å²) in [5.41, 5.74) is 2.21. The molecule has 2 saturated heterocycles. The molecular formula is C23H26N8O3. The van der Waals surface area contributed by atoms with E-state index in [-0.39, 0.29) is 24.7 Å². The van der Waals surface area contributed by atoms with Gasteiger partial charge in [-0.3, -0.25) is 9.78 Å². The second-order valence-electron chi connectivity index (χ2n) is 8.75. The fourth-order valence-electron chi connectivity index (χ4n) is 4.65. The number of rotatable bonds is 4. The number of aromatic nitrogens is 6. The summed E-state index contributed by atoms with van der Waals surface area (Å²) in [6.07, 6.45) is 9.95. The summed E-state index contributed by atoms with van der Waals surface area (Å²) >= 11 is 0. The zero-order valence-corrected chi connectivity index (χ0v) is 18.8. The number of anilines is 2. The van der Waals surface area contributed by atoms with Crippen molar-refractivity contribution in [3.63, 3.8) is 0 Å². The van der Waals surface area contributed by atoms with Crippen LogP contribution in [0.1, 0.15) is 38.3 Å². The molecule has 0 aliphatic carbocycles. The molecule has 1 amide bonds. The lowest BCUT2D eigenvalue weighted by atomic mass is 10.1. The van der Waals surface area contributed by atoms with Gasteiger partial charge in [0.05, 0.1) is 18.4 Å². The van der Waals surface area contributed by atoms with Gasteiger partial charge in [-0.1, -0.05) is 0 Å². The number of amides is 1. The zero-order valence-electron chi connectivity index (χ0n) is 18.8. The molecule has 1 N–H and O–H groups in total. The molecule has 2 fully saturated rings. The summed E-state index contributed by atoms with van der Waals surface area (Å²) in [5, 5.41) is 7.40. The first kappa shape index (κ1) is 21.1. The van der Waals surface area contributed by atoms with Crippen LogP contribution in [0.25, 0.3) is 22.8 Å². The van der Waals surface area contributed by atoms with Crippen LogP contribution >= 0.6 is 0 Å². The average molecular weight is 463 g/mol. The van der Waals surface area contributed by atoms with Gasteiger partial charge in [-0.05, 0) is 44.2 Å². The van der Waals surface area contributed by atoms with E-state index >= 15 is 0 Å². The highest BCUT2D eigenvalue weighted by atomic mass is 16.5. The van der Waals surface area contributed by atoms with Crippen molar-refractivity contribution >= 4 is 17.5 Å². The van der Waals surface area contributed by atoms with Crippen molar-refractivity contribution in [1.29, 1.82) is 0 Å². The Morgan fingerprint density at radius 3 is 2.68 bits per heavy atom. The largest absolute Gasteiger partial charge is 0.381 e. The minimum absolute atomic E-state index is 0.0563. The van der Waals surface area contributed by atoms with Crippen LogP contribution in [0.15, 0.2) is 30.9 Å². The maximum absolute atomic E-state index is 12.2. The van der Waals surface area contributed by atoms with Gasteiger partial charge in [0.1, 0.15) is 12.0 Å². The first-order valence-electron chi connectivity index (χ1n) is 11.8. The summed E-state index contributed by atoms with van der Waals surface area (Å²) in [7, 11) is 0. The van der Waals surface area contributed by atoms with Crippen molar-refractivity contribution in [1.82, 2.24) is 29.7 Å². The molecule has 3 aliphatic rings. The second kappa shape index (κ2) is 9.07. The smallest absolute Gasteiger partial charge is 0.245 e. The van der Waals surface area contributed by atoms with Crippen molar-refractivity contribution in [3.8, 4) is 22.8 Å². The zero-order chi connectivity index (χ0) is 22.9. The average Bonchev–Trinajstić information content (AvgIpc) is 3.40. The Hall–Kier alpha value is -3.44. The number of carbonyl (C=O) groups excluding carboxylic acids is 1. The van der Waals surface area contributed by atoms with E-state index in [0.29, 0.717) is 42.1 Å². The van der Waals surface area contributed by atoms with Crippen LogP contribution < -0.4 is 10.2 Å². The Bertz CT molecular complexity index is 1170. The number of nitrogens with zero attached hydrogens (tertiary/aromatic N) is 7. The van der Waals surface area contributed by atoms with E-state index in [0.717, 1.165) is 44.3 Å². The predicted molar refractivity (Wildman–Crippen MR) is 123 cm³/mol. The Labute approximate surface area is 196 Å². The fraction of sp³-hybridized carbons (Fsp3) is 0.478. The SMILES string of the molecule is O=C1CN(C2CCOCC2)c2nc(-c3ccc(-c4ncn(C5CCCCO5)n4)nc3)cnc2N1. The fourth-order valence-corrected chi connectivity index (χ4v) is 4.65. The van der Waals surface area contributed by atoms with Gasteiger partial charge in [0.15, 0.2) is 23.7 Å². The van der Waals surface area contributed by atoms with E-state index in [4.69, 9.17) is 14.5 Å². The van der Waals surface area contributed by atoms with Gasteiger partial charge in [0.2, 0.25) is 5.91 Å². The molecule has 11 nitrogen and oxygen atoms in total. The van der Waals surface area contributed by atoms with Gasteiger partial charge in [-0.25, -0.2) is 19.6 Å². The summed E-state index contributed by atoms with van der Waals surface area (Å²) in [5.74, 6) is 1.68. The van der Waals surface area contributed by atoms with Crippen LogP contribution in [-0.4, -0.2) is 68.0 Å². The molecular weight excluding hydrogens is 436 g/mol. The number of fused-ring (bicyclic) bond motifs is 1. The molecule has 3 aliphatic heterocycles. The number of carbonyl (C=O) groups is 1. The Morgan fingerprint density at radius 1 is 0.971 bits per heavy atom. The van der Waals surface area contributed by atoms with Crippen LogP contribution in [-0.2, 0) is 14.3 Å². The number of hydrogen-bond acceptors (Lipinski definition) is 9. The summed E-state index contributed by atoms with van der Waals surface area (Å²) < 4.78 is 13.1. The Kier molecular flexibility index (Phi) is 5.63. The molecule has 0 bridgehead atoms. The maximum atomic E-state index is 12.2. The van der Waals surface area contributed by atoms with Gasteiger partial charge in [0, 0.05) is 37.6 Å². The van der Waals surface area contributed by atoms with Gasteiger partial charge in [-0.15, -0.1) is 5.10 Å². The highest BCUT2D eigenvalue weighted by molar-refractivity contribution is 5.99. The molecule has 176 valence electrons. The summed E-state index contributed by atoms with van der Waals surface area (Å²) in [6, 6.07) is 4.03. The molecule has 34 heavy (non-hydrogen) atoms. The Balaban J connectivity index is 1.24. The van der Waals surface area contributed by atoms with E-state index in [9.17, 15) is 4.79 Å². The first-order chi connectivity index (χ1) is 16.7. The molecule has 0 radical (unpaired) electrons. The number of hydrogen-bond donors (Lipinski definition) is 1. The number of ether oxygens (including phenoxy) is 2. The second-order valence-corrected chi connectivity index (χ2v) is 8.75. The van der Waals surface area contributed by atoms with Crippen molar-refractivity contribution in [2.45, 2.75) is 44.4 Å².